The summed E-state index contributed by atoms with van der Waals surface area (Å²) >= 11 is 0. The van der Waals surface area contributed by atoms with Crippen LogP contribution in [0.25, 0.3) is 0 Å². The number of hydrogen-bond donors (Lipinski definition) is 2. The van der Waals surface area contributed by atoms with Crippen molar-refractivity contribution in [2.24, 2.45) is 0 Å². The zero-order valence-electron chi connectivity index (χ0n) is 8.78. The van der Waals surface area contributed by atoms with Crippen molar-refractivity contribution in [1.29, 1.82) is 0 Å². The highest BCUT2D eigenvalue weighted by atomic mass is 16.5. The molecule has 0 aliphatic heterocycles. The molecule has 0 saturated heterocycles. The molecule has 6 heteroatoms. The van der Waals surface area contributed by atoms with Gasteiger partial charge >= 0.3 is 5.97 Å². The first-order valence-corrected chi connectivity index (χ1v) is 4.63. The van der Waals surface area contributed by atoms with Crippen molar-refractivity contribution in [2.45, 2.75) is 6.92 Å². The van der Waals surface area contributed by atoms with Crippen molar-refractivity contribution in [2.75, 3.05) is 30.8 Å². The number of anilines is 2. The molecule has 1 heterocycles. The number of carbonyl (C=O) groups excluding carboxylic acids is 1. The Balaban J connectivity index is 2.53. The van der Waals surface area contributed by atoms with E-state index < -0.39 is 0 Å². The van der Waals surface area contributed by atoms with Gasteiger partial charge in [-0.3, -0.25) is 4.79 Å². The molecule has 0 atom stereocenters. The topological polar surface area (TPSA) is 76.1 Å². The molecule has 0 saturated carbocycles. The first-order valence-electron chi connectivity index (χ1n) is 4.63. The molecule has 0 aromatic carbocycles. The summed E-state index contributed by atoms with van der Waals surface area (Å²) in [6.07, 6.45) is 1.43. The van der Waals surface area contributed by atoms with E-state index in [1.165, 1.54) is 13.4 Å². The number of carbonyl (C=O) groups is 1. The quantitative estimate of drug-likeness (QED) is 0.689. The molecular weight excluding hydrogens is 196 g/mol. The fraction of sp³-hybridized carbons (Fsp3) is 0.444. The Kier molecular flexibility index (Phi) is 4.33. The number of rotatable bonds is 5. The van der Waals surface area contributed by atoms with Crippen LogP contribution in [0.3, 0.4) is 0 Å². The molecule has 0 spiro atoms. The Labute approximate surface area is 88.1 Å². The Morgan fingerprint density at radius 3 is 2.67 bits per heavy atom. The molecule has 0 amide bonds. The zero-order valence-corrected chi connectivity index (χ0v) is 8.78. The molecule has 2 N–H and O–H groups in total. The standard InChI is InChI=1S/C9H14N4O2/c1-3-10-7-4-8(13-6-12-7)11-5-9(14)15-2/h4,6H,3,5H2,1-2H3,(H2,10,11,12,13). The van der Waals surface area contributed by atoms with Gasteiger partial charge in [0.25, 0.3) is 0 Å². The second kappa shape index (κ2) is 5.79. The van der Waals surface area contributed by atoms with E-state index in [1.54, 1.807) is 6.07 Å². The summed E-state index contributed by atoms with van der Waals surface area (Å²) in [5.41, 5.74) is 0. The van der Waals surface area contributed by atoms with E-state index >= 15 is 0 Å². The minimum atomic E-state index is -0.335. The maximum Gasteiger partial charge on any atom is 0.325 e. The van der Waals surface area contributed by atoms with E-state index in [-0.39, 0.29) is 12.5 Å². The number of nitrogens with zero attached hydrogens (tertiary/aromatic N) is 2. The second-order valence-electron chi connectivity index (χ2n) is 2.75. The number of ether oxygens (including phenoxy) is 1. The molecule has 0 fully saturated rings. The smallest absolute Gasteiger partial charge is 0.325 e. The average Bonchev–Trinajstić information content (AvgIpc) is 2.27. The minimum Gasteiger partial charge on any atom is -0.468 e. The van der Waals surface area contributed by atoms with Gasteiger partial charge in [-0.25, -0.2) is 9.97 Å². The molecule has 1 rings (SSSR count). The highest BCUT2D eigenvalue weighted by Gasteiger charge is 2.01. The number of hydrogen-bond acceptors (Lipinski definition) is 6. The number of nitrogens with one attached hydrogen (secondary N) is 2. The molecular formula is C9H14N4O2. The fourth-order valence-corrected chi connectivity index (χ4v) is 0.967. The van der Waals surface area contributed by atoms with Crippen molar-refractivity contribution < 1.29 is 9.53 Å². The predicted molar refractivity (Wildman–Crippen MR) is 56.7 cm³/mol. The Bertz CT molecular complexity index is 330. The van der Waals surface area contributed by atoms with Gasteiger partial charge in [-0.2, -0.15) is 0 Å². The molecule has 0 aliphatic carbocycles. The first kappa shape index (κ1) is 11.2. The van der Waals surface area contributed by atoms with Crippen LogP contribution in [-0.2, 0) is 9.53 Å². The van der Waals surface area contributed by atoms with Crippen LogP contribution in [0.2, 0.25) is 0 Å². The van der Waals surface area contributed by atoms with Crippen LogP contribution >= 0.6 is 0 Å². The van der Waals surface area contributed by atoms with E-state index in [9.17, 15) is 4.79 Å². The Morgan fingerprint density at radius 1 is 1.40 bits per heavy atom. The first-order chi connectivity index (χ1) is 7.26. The monoisotopic (exact) mass is 210 g/mol. The van der Waals surface area contributed by atoms with Gasteiger partial charge in [0.05, 0.1) is 7.11 Å². The van der Waals surface area contributed by atoms with Crippen LogP contribution in [0.4, 0.5) is 11.6 Å². The van der Waals surface area contributed by atoms with Crippen LogP contribution in [0.15, 0.2) is 12.4 Å². The van der Waals surface area contributed by atoms with Crippen molar-refractivity contribution >= 4 is 17.6 Å². The maximum atomic E-state index is 10.9. The zero-order chi connectivity index (χ0) is 11.1. The molecule has 0 unspecified atom stereocenters. The summed E-state index contributed by atoms with van der Waals surface area (Å²) in [5, 5.41) is 5.87. The van der Waals surface area contributed by atoms with Gasteiger partial charge in [-0.1, -0.05) is 0 Å². The fourth-order valence-electron chi connectivity index (χ4n) is 0.967. The SMILES string of the molecule is CCNc1cc(NCC(=O)OC)ncn1. The largest absolute Gasteiger partial charge is 0.468 e. The third-order valence-corrected chi connectivity index (χ3v) is 1.67. The average molecular weight is 210 g/mol. The molecule has 0 aliphatic rings. The van der Waals surface area contributed by atoms with E-state index in [1.807, 2.05) is 6.92 Å². The van der Waals surface area contributed by atoms with Gasteiger partial charge in [0.1, 0.15) is 24.5 Å². The lowest BCUT2D eigenvalue weighted by molar-refractivity contribution is -0.138. The van der Waals surface area contributed by atoms with Gasteiger partial charge in [0.2, 0.25) is 0 Å². The lowest BCUT2D eigenvalue weighted by atomic mass is 10.5. The summed E-state index contributed by atoms with van der Waals surface area (Å²) in [4.78, 5) is 18.8. The Morgan fingerprint density at radius 2 is 2.07 bits per heavy atom. The summed E-state index contributed by atoms with van der Waals surface area (Å²) in [6, 6.07) is 1.73. The van der Waals surface area contributed by atoms with Gasteiger partial charge in [0.15, 0.2) is 0 Å². The second-order valence-corrected chi connectivity index (χ2v) is 2.75. The summed E-state index contributed by atoms with van der Waals surface area (Å²) in [7, 11) is 1.34. The van der Waals surface area contributed by atoms with Gasteiger partial charge in [-0.05, 0) is 6.92 Å². The van der Waals surface area contributed by atoms with E-state index in [0.29, 0.717) is 5.82 Å². The van der Waals surface area contributed by atoms with E-state index in [4.69, 9.17) is 0 Å². The summed E-state index contributed by atoms with van der Waals surface area (Å²) in [6.45, 7) is 2.86. The third kappa shape index (κ3) is 3.80. The molecule has 1 aromatic heterocycles. The molecule has 6 nitrogen and oxygen atoms in total. The van der Waals surface area contributed by atoms with Gasteiger partial charge in [0, 0.05) is 12.6 Å². The van der Waals surface area contributed by atoms with Crippen LogP contribution < -0.4 is 10.6 Å². The maximum absolute atomic E-state index is 10.9. The van der Waals surface area contributed by atoms with Crippen molar-refractivity contribution in [1.82, 2.24) is 9.97 Å². The normalized spacial score (nSPS) is 9.47. The highest BCUT2D eigenvalue weighted by Crippen LogP contribution is 2.07. The van der Waals surface area contributed by atoms with Gasteiger partial charge < -0.3 is 15.4 Å². The molecule has 0 radical (unpaired) electrons. The summed E-state index contributed by atoms with van der Waals surface area (Å²) in [5.74, 6) is 0.977. The molecule has 1 aromatic rings. The van der Waals surface area contributed by atoms with E-state index in [2.05, 4.69) is 25.3 Å². The number of esters is 1. The third-order valence-electron chi connectivity index (χ3n) is 1.67. The van der Waals surface area contributed by atoms with E-state index in [0.717, 1.165) is 12.4 Å². The van der Waals surface area contributed by atoms with Crippen molar-refractivity contribution in [3.05, 3.63) is 12.4 Å². The molecule has 0 bridgehead atoms. The summed E-state index contributed by atoms with van der Waals surface area (Å²) < 4.78 is 4.49. The predicted octanol–water partition coefficient (Wildman–Crippen LogP) is 0.493. The molecule has 15 heavy (non-hydrogen) atoms. The number of aromatic nitrogens is 2. The lowest BCUT2D eigenvalue weighted by Crippen LogP contribution is -2.16. The Hall–Kier alpha value is -1.85. The lowest BCUT2D eigenvalue weighted by Gasteiger charge is -2.06. The minimum absolute atomic E-state index is 0.0963. The van der Waals surface area contributed by atoms with Crippen LogP contribution in [0, 0.1) is 0 Å². The van der Waals surface area contributed by atoms with Crippen molar-refractivity contribution in [3.63, 3.8) is 0 Å². The van der Waals surface area contributed by atoms with Crippen molar-refractivity contribution in [3.8, 4) is 0 Å². The van der Waals surface area contributed by atoms with Gasteiger partial charge in [-0.15, -0.1) is 0 Å². The molecule has 82 valence electrons. The van der Waals surface area contributed by atoms with Crippen LogP contribution in [0.5, 0.6) is 0 Å². The highest BCUT2D eigenvalue weighted by molar-refractivity contribution is 5.74. The number of methoxy groups -OCH3 is 1. The van der Waals surface area contributed by atoms with Crippen LogP contribution in [0.1, 0.15) is 6.92 Å². The van der Waals surface area contributed by atoms with Crippen LogP contribution in [-0.4, -0.2) is 36.1 Å².